The number of ether oxygens (including phenoxy) is 1. The molecular formula is C16H16O3. The highest BCUT2D eigenvalue weighted by atomic mass is 16.5. The Kier molecular flexibility index (Phi) is 2.97. The maximum absolute atomic E-state index is 12.2. The van der Waals surface area contributed by atoms with E-state index >= 15 is 0 Å². The highest BCUT2D eigenvalue weighted by Crippen LogP contribution is 2.53. The van der Waals surface area contributed by atoms with Gasteiger partial charge in [0, 0.05) is 11.8 Å². The van der Waals surface area contributed by atoms with Gasteiger partial charge in [-0.25, -0.2) is 4.79 Å². The van der Waals surface area contributed by atoms with E-state index in [4.69, 9.17) is 0 Å². The zero-order valence-electron chi connectivity index (χ0n) is 10.8. The molecule has 0 aliphatic heterocycles. The molecule has 3 heteroatoms. The van der Waals surface area contributed by atoms with Crippen molar-refractivity contribution in [2.45, 2.75) is 12.3 Å². The summed E-state index contributed by atoms with van der Waals surface area (Å²) in [6.45, 7) is 0. The smallest absolute Gasteiger partial charge is 0.374 e. The van der Waals surface area contributed by atoms with E-state index in [0.29, 0.717) is 5.92 Å². The van der Waals surface area contributed by atoms with Crippen molar-refractivity contribution in [3.63, 3.8) is 0 Å². The summed E-state index contributed by atoms with van der Waals surface area (Å²) in [5.74, 6) is -0.694. The molecular weight excluding hydrogens is 240 g/mol. The molecule has 98 valence electrons. The molecule has 0 amide bonds. The van der Waals surface area contributed by atoms with Crippen LogP contribution in [0.25, 0.3) is 0 Å². The third-order valence-electron chi connectivity index (χ3n) is 4.33. The van der Waals surface area contributed by atoms with Gasteiger partial charge in [0.15, 0.2) is 0 Å². The van der Waals surface area contributed by atoms with E-state index in [1.807, 2.05) is 30.3 Å². The second-order valence-corrected chi connectivity index (χ2v) is 5.27. The maximum Gasteiger partial charge on any atom is 0.374 e. The topological polar surface area (TPSA) is 43.4 Å². The fourth-order valence-electron chi connectivity index (χ4n) is 3.55. The predicted octanol–water partition coefficient (Wildman–Crippen LogP) is 2.33. The fraction of sp³-hybridized carbons (Fsp3) is 0.375. The number of rotatable bonds is 3. The second kappa shape index (κ2) is 4.65. The van der Waals surface area contributed by atoms with Crippen LogP contribution in [-0.4, -0.2) is 18.9 Å². The first-order chi connectivity index (χ1) is 9.22. The summed E-state index contributed by atoms with van der Waals surface area (Å²) in [5, 5.41) is 0. The summed E-state index contributed by atoms with van der Waals surface area (Å²) >= 11 is 0. The molecule has 19 heavy (non-hydrogen) atoms. The van der Waals surface area contributed by atoms with E-state index in [-0.39, 0.29) is 23.5 Å². The summed E-state index contributed by atoms with van der Waals surface area (Å²) < 4.78 is 4.60. The Morgan fingerprint density at radius 2 is 1.79 bits per heavy atom. The monoisotopic (exact) mass is 256 g/mol. The van der Waals surface area contributed by atoms with Crippen molar-refractivity contribution in [3.05, 3.63) is 48.0 Å². The Morgan fingerprint density at radius 1 is 1.11 bits per heavy atom. The minimum atomic E-state index is -0.716. The molecule has 3 rings (SSSR count). The average Bonchev–Trinajstić information content (AvgIpc) is 3.07. The van der Waals surface area contributed by atoms with Crippen LogP contribution in [0.4, 0.5) is 0 Å². The van der Waals surface area contributed by atoms with Crippen LogP contribution in [0, 0.1) is 17.8 Å². The number of fused-ring (bicyclic) bond motifs is 2. The number of methoxy groups -OCH3 is 1. The number of ketones is 1. The molecule has 1 aromatic carbocycles. The van der Waals surface area contributed by atoms with Crippen molar-refractivity contribution >= 4 is 11.8 Å². The highest BCUT2D eigenvalue weighted by Gasteiger charge is 2.50. The van der Waals surface area contributed by atoms with Gasteiger partial charge < -0.3 is 4.74 Å². The summed E-state index contributed by atoms with van der Waals surface area (Å²) in [4.78, 5) is 23.8. The minimum Gasteiger partial charge on any atom is -0.463 e. The van der Waals surface area contributed by atoms with Gasteiger partial charge in [-0.2, -0.15) is 0 Å². The third kappa shape index (κ3) is 1.89. The lowest BCUT2D eigenvalue weighted by molar-refractivity contribution is -0.154. The van der Waals surface area contributed by atoms with Crippen molar-refractivity contribution in [1.82, 2.24) is 0 Å². The molecule has 3 nitrogen and oxygen atoms in total. The normalized spacial score (nSPS) is 31.4. The molecule has 1 saturated carbocycles. The van der Waals surface area contributed by atoms with Crippen molar-refractivity contribution in [3.8, 4) is 0 Å². The van der Waals surface area contributed by atoms with E-state index in [1.54, 1.807) is 0 Å². The summed E-state index contributed by atoms with van der Waals surface area (Å²) in [7, 11) is 1.26. The van der Waals surface area contributed by atoms with Crippen LogP contribution in [0.1, 0.15) is 17.9 Å². The lowest BCUT2D eigenvalue weighted by atomic mass is 9.76. The molecule has 2 unspecified atom stereocenters. The Bertz CT molecular complexity index is 532. The molecule has 0 heterocycles. The molecule has 0 spiro atoms. The first kappa shape index (κ1) is 12.2. The molecule has 0 N–H and O–H groups in total. The number of Topliss-reactive ketones (excluding diaryl/α,β-unsaturated/α-hetero) is 1. The molecule has 1 fully saturated rings. The fourth-order valence-corrected chi connectivity index (χ4v) is 3.55. The van der Waals surface area contributed by atoms with E-state index in [0.717, 1.165) is 12.0 Å². The van der Waals surface area contributed by atoms with Crippen LogP contribution in [-0.2, 0) is 14.3 Å². The number of benzene rings is 1. The zero-order valence-corrected chi connectivity index (χ0v) is 10.8. The van der Waals surface area contributed by atoms with E-state index in [2.05, 4.69) is 16.9 Å². The molecule has 0 radical (unpaired) electrons. The average molecular weight is 256 g/mol. The first-order valence-corrected chi connectivity index (χ1v) is 6.58. The largest absolute Gasteiger partial charge is 0.463 e. The number of hydrogen-bond donors (Lipinski definition) is 0. The van der Waals surface area contributed by atoms with Crippen molar-refractivity contribution < 1.29 is 14.3 Å². The van der Waals surface area contributed by atoms with Crippen LogP contribution < -0.4 is 0 Å². The van der Waals surface area contributed by atoms with E-state index in [9.17, 15) is 9.59 Å². The van der Waals surface area contributed by atoms with Crippen molar-refractivity contribution in [2.24, 2.45) is 17.8 Å². The lowest BCUT2D eigenvalue weighted by Crippen LogP contribution is -2.32. The van der Waals surface area contributed by atoms with Crippen molar-refractivity contribution in [1.29, 1.82) is 0 Å². The number of allylic oxidation sites excluding steroid dienone is 2. The van der Waals surface area contributed by atoms with Gasteiger partial charge in [0.25, 0.3) is 0 Å². The number of carbonyl (C=O) groups is 2. The van der Waals surface area contributed by atoms with Gasteiger partial charge >= 0.3 is 5.97 Å². The van der Waals surface area contributed by atoms with E-state index < -0.39 is 5.97 Å². The molecule has 0 aromatic heterocycles. The SMILES string of the molecule is COC(=O)C(=O)[C@@H]1C2C=CC(C2)[C@H]1c1ccccc1. The van der Waals surface area contributed by atoms with Crippen LogP contribution >= 0.6 is 0 Å². The summed E-state index contributed by atoms with van der Waals surface area (Å²) in [5.41, 5.74) is 1.14. The third-order valence-corrected chi connectivity index (χ3v) is 4.33. The van der Waals surface area contributed by atoms with Crippen LogP contribution in [0.15, 0.2) is 42.5 Å². The molecule has 2 bridgehead atoms. The van der Waals surface area contributed by atoms with Crippen LogP contribution in [0.2, 0.25) is 0 Å². The molecule has 2 aliphatic rings. The Labute approximate surface area is 112 Å². The standard InChI is InChI=1S/C16H16O3/c1-19-16(18)15(17)14-12-8-7-11(9-12)13(14)10-5-3-2-4-6-10/h2-8,11-14H,9H2,1H3/t11?,12?,13-,14-/m1/s1. The number of esters is 1. The van der Waals surface area contributed by atoms with E-state index in [1.165, 1.54) is 7.11 Å². The molecule has 1 aromatic rings. The zero-order chi connectivity index (χ0) is 13.4. The van der Waals surface area contributed by atoms with Crippen LogP contribution in [0.3, 0.4) is 0 Å². The van der Waals surface area contributed by atoms with Gasteiger partial charge in [0.05, 0.1) is 7.11 Å². The van der Waals surface area contributed by atoms with Gasteiger partial charge in [-0.1, -0.05) is 42.5 Å². The van der Waals surface area contributed by atoms with Gasteiger partial charge in [-0.05, 0) is 23.8 Å². The maximum atomic E-state index is 12.2. The molecule has 4 atom stereocenters. The van der Waals surface area contributed by atoms with Crippen LogP contribution in [0.5, 0.6) is 0 Å². The minimum absolute atomic E-state index is 0.114. The Hall–Kier alpha value is -1.90. The Balaban J connectivity index is 1.96. The summed E-state index contributed by atoms with van der Waals surface area (Å²) in [6.07, 6.45) is 5.23. The predicted molar refractivity (Wildman–Crippen MR) is 70.4 cm³/mol. The molecule has 2 aliphatic carbocycles. The van der Waals surface area contributed by atoms with Crippen molar-refractivity contribution in [2.75, 3.05) is 7.11 Å². The lowest BCUT2D eigenvalue weighted by Gasteiger charge is -2.26. The molecule has 0 saturated heterocycles. The second-order valence-electron chi connectivity index (χ2n) is 5.27. The first-order valence-electron chi connectivity index (χ1n) is 6.58. The number of carbonyl (C=O) groups excluding carboxylic acids is 2. The van der Waals surface area contributed by atoms with Gasteiger partial charge in [-0.3, -0.25) is 4.79 Å². The summed E-state index contributed by atoms with van der Waals surface area (Å²) in [6, 6.07) is 9.99. The van der Waals surface area contributed by atoms with Gasteiger partial charge in [-0.15, -0.1) is 0 Å². The van der Waals surface area contributed by atoms with Gasteiger partial charge in [0.2, 0.25) is 5.78 Å². The highest BCUT2D eigenvalue weighted by molar-refractivity contribution is 6.34. The Morgan fingerprint density at radius 3 is 2.47 bits per heavy atom. The quantitative estimate of drug-likeness (QED) is 0.473. The number of hydrogen-bond acceptors (Lipinski definition) is 3. The van der Waals surface area contributed by atoms with Gasteiger partial charge in [0.1, 0.15) is 0 Å².